The van der Waals surface area contributed by atoms with Gasteiger partial charge in [-0.05, 0) is 18.4 Å². The summed E-state index contributed by atoms with van der Waals surface area (Å²) in [6.45, 7) is 2.07. The van der Waals surface area contributed by atoms with Crippen molar-refractivity contribution in [3.8, 4) is 0 Å². The number of nitrogens with two attached hydrogens (primary N) is 1. The zero-order valence-electron chi connectivity index (χ0n) is 13.9. The van der Waals surface area contributed by atoms with Gasteiger partial charge in [-0.3, -0.25) is 4.99 Å². The number of ether oxygens (including phenoxy) is 1. The summed E-state index contributed by atoms with van der Waals surface area (Å²) in [6.07, 6.45) is 2.05. The first kappa shape index (κ1) is 21.1. The van der Waals surface area contributed by atoms with Crippen molar-refractivity contribution >= 4 is 45.6 Å². The van der Waals surface area contributed by atoms with Gasteiger partial charge < -0.3 is 15.8 Å². The van der Waals surface area contributed by atoms with E-state index < -0.39 is 10.0 Å². The van der Waals surface area contributed by atoms with E-state index >= 15 is 0 Å². The van der Waals surface area contributed by atoms with Crippen molar-refractivity contribution in [2.24, 2.45) is 16.6 Å². The predicted molar refractivity (Wildman–Crippen MR) is 107 cm³/mol. The molecule has 136 valence electrons. The van der Waals surface area contributed by atoms with Crippen LogP contribution in [0, 0.1) is 5.92 Å². The lowest BCUT2D eigenvalue weighted by Gasteiger charge is -2.13. The summed E-state index contributed by atoms with van der Waals surface area (Å²) in [7, 11) is -1.47. The Bertz CT molecular complexity index is 666. The lowest BCUT2D eigenvalue weighted by atomic mass is 10.1. The van der Waals surface area contributed by atoms with Gasteiger partial charge in [0.05, 0.1) is 12.9 Å². The number of para-hydroxylation sites is 1. The second-order valence-corrected chi connectivity index (χ2v) is 7.70. The Morgan fingerprint density at radius 2 is 2.17 bits per heavy atom. The molecule has 1 aliphatic rings. The van der Waals surface area contributed by atoms with E-state index in [4.69, 9.17) is 10.5 Å². The predicted octanol–water partition coefficient (Wildman–Crippen LogP) is 1.46. The third kappa shape index (κ3) is 6.19. The molecule has 24 heavy (non-hydrogen) atoms. The Balaban J connectivity index is 0.00000288. The molecule has 1 unspecified atom stereocenters. The molecule has 1 aromatic rings. The first-order chi connectivity index (χ1) is 10.9. The van der Waals surface area contributed by atoms with Gasteiger partial charge in [-0.15, -0.1) is 24.0 Å². The van der Waals surface area contributed by atoms with Crippen LogP contribution in [0.1, 0.15) is 12.0 Å². The number of halogens is 1. The fraction of sp³-hybridized carbons (Fsp3) is 0.533. The number of methoxy groups -OCH3 is 1. The van der Waals surface area contributed by atoms with Crippen molar-refractivity contribution in [1.82, 2.24) is 4.31 Å². The highest BCUT2D eigenvalue weighted by atomic mass is 127. The molecule has 1 fully saturated rings. The smallest absolute Gasteiger partial charge is 0.211 e. The number of nitrogens with one attached hydrogen (secondary N) is 1. The standard InChI is InChI=1S/C15H24N4O3S.HI/c1-22-11-13-5-3-4-6-14(13)18-15(16)17-9-12-7-8-19(10-12)23(2,20)21;/h3-6,12H,7-11H2,1-2H3,(H3,16,17,18);1H. The van der Waals surface area contributed by atoms with Gasteiger partial charge in [-0.25, -0.2) is 12.7 Å². The molecule has 1 heterocycles. The summed E-state index contributed by atoms with van der Waals surface area (Å²) < 4.78 is 29.6. The van der Waals surface area contributed by atoms with Crippen LogP contribution in [0.5, 0.6) is 0 Å². The SMILES string of the molecule is COCc1ccccc1NC(N)=NCC1CCN(S(C)(=O)=O)C1.I. The van der Waals surface area contributed by atoms with Gasteiger partial charge in [0.15, 0.2) is 5.96 Å². The van der Waals surface area contributed by atoms with E-state index in [0.717, 1.165) is 17.7 Å². The molecule has 0 saturated carbocycles. The molecule has 9 heteroatoms. The molecule has 0 aromatic heterocycles. The third-order valence-corrected chi connectivity index (χ3v) is 5.09. The van der Waals surface area contributed by atoms with Crippen LogP contribution in [0.4, 0.5) is 5.69 Å². The maximum atomic E-state index is 11.5. The van der Waals surface area contributed by atoms with E-state index in [2.05, 4.69) is 10.3 Å². The summed E-state index contributed by atoms with van der Waals surface area (Å²) in [5.74, 6) is 0.533. The van der Waals surface area contributed by atoms with Gasteiger partial charge >= 0.3 is 0 Å². The van der Waals surface area contributed by atoms with Gasteiger partial charge in [-0.1, -0.05) is 18.2 Å². The molecule has 0 radical (unpaired) electrons. The van der Waals surface area contributed by atoms with Crippen LogP contribution in [-0.4, -0.2) is 51.7 Å². The Morgan fingerprint density at radius 1 is 1.46 bits per heavy atom. The second-order valence-electron chi connectivity index (χ2n) is 5.72. The fourth-order valence-electron chi connectivity index (χ4n) is 2.58. The fourth-order valence-corrected chi connectivity index (χ4v) is 3.49. The first-order valence-corrected chi connectivity index (χ1v) is 9.34. The van der Waals surface area contributed by atoms with E-state index in [1.165, 1.54) is 10.6 Å². The van der Waals surface area contributed by atoms with Crippen molar-refractivity contribution in [3.05, 3.63) is 29.8 Å². The van der Waals surface area contributed by atoms with E-state index in [9.17, 15) is 8.42 Å². The number of rotatable bonds is 6. The van der Waals surface area contributed by atoms with E-state index in [-0.39, 0.29) is 29.9 Å². The Morgan fingerprint density at radius 3 is 2.79 bits per heavy atom. The van der Waals surface area contributed by atoms with Crippen LogP contribution < -0.4 is 11.1 Å². The molecule has 0 spiro atoms. The average molecular weight is 468 g/mol. The van der Waals surface area contributed by atoms with Crippen LogP contribution in [0.3, 0.4) is 0 Å². The largest absolute Gasteiger partial charge is 0.380 e. The molecule has 0 bridgehead atoms. The van der Waals surface area contributed by atoms with E-state index in [0.29, 0.717) is 32.2 Å². The number of hydrogen-bond acceptors (Lipinski definition) is 4. The number of guanidine groups is 1. The molecule has 1 saturated heterocycles. The molecular weight excluding hydrogens is 443 g/mol. The van der Waals surface area contributed by atoms with E-state index in [1.807, 2.05) is 24.3 Å². The number of aliphatic imine (C=N–C) groups is 1. The third-order valence-electron chi connectivity index (χ3n) is 3.82. The van der Waals surface area contributed by atoms with Crippen LogP contribution >= 0.6 is 24.0 Å². The molecule has 2 rings (SSSR count). The van der Waals surface area contributed by atoms with Gasteiger partial charge in [0.25, 0.3) is 0 Å². The summed E-state index contributed by atoms with van der Waals surface area (Å²) in [4.78, 5) is 4.34. The molecule has 1 aliphatic heterocycles. The van der Waals surface area contributed by atoms with Gasteiger partial charge in [0, 0.05) is 38.0 Å². The molecular formula is C15H25IN4O3S. The van der Waals surface area contributed by atoms with Gasteiger partial charge in [-0.2, -0.15) is 0 Å². The van der Waals surface area contributed by atoms with Crippen molar-refractivity contribution in [2.45, 2.75) is 13.0 Å². The number of sulfonamides is 1. The summed E-state index contributed by atoms with van der Waals surface area (Å²) >= 11 is 0. The summed E-state index contributed by atoms with van der Waals surface area (Å²) in [5, 5.41) is 3.08. The summed E-state index contributed by atoms with van der Waals surface area (Å²) in [5.41, 5.74) is 7.79. The minimum Gasteiger partial charge on any atom is -0.380 e. The Labute approximate surface area is 160 Å². The number of anilines is 1. The molecule has 7 nitrogen and oxygen atoms in total. The molecule has 1 aromatic carbocycles. The number of hydrogen-bond donors (Lipinski definition) is 2. The molecule has 0 aliphatic carbocycles. The molecule has 3 N–H and O–H groups in total. The minimum absolute atomic E-state index is 0. The quantitative estimate of drug-likeness (QED) is 0.375. The highest BCUT2D eigenvalue weighted by Gasteiger charge is 2.28. The minimum atomic E-state index is -3.11. The van der Waals surface area contributed by atoms with Crippen LogP contribution in [-0.2, 0) is 21.4 Å². The number of benzene rings is 1. The first-order valence-electron chi connectivity index (χ1n) is 7.49. The zero-order valence-corrected chi connectivity index (χ0v) is 17.1. The van der Waals surface area contributed by atoms with Crippen LogP contribution in [0.2, 0.25) is 0 Å². The highest BCUT2D eigenvalue weighted by molar-refractivity contribution is 14.0. The monoisotopic (exact) mass is 468 g/mol. The topological polar surface area (TPSA) is 97.0 Å². The normalized spacial score (nSPS) is 19.1. The van der Waals surface area contributed by atoms with Crippen molar-refractivity contribution in [2.75, 3.05) is 38.3 Å². The second kappa shape index (κ2) is 9.54. The highest BCUT2D eigenvalue weighted by Crippen LogP contribution is 2.19. The van der Waals surface area contributed by atoms with Crippen LogP contribution in [0.25, 0.3) is 0 Å². The average Bonchev–Trinajstić information content (AvgIpc) is 2.96. The Hall–Kier alpha value is -0.910. The van der Waals surface area contributed by atoms with Crippen molar-refractivity contribution < 1.29 is 13.2 Å². The van der Waals surface area contributed by atoms with Crippen molar-refractivity contribution in [3.63, 3.8) is 0 Å². The maximum absolute atomic E-state index is 11.5. The summed E-state index contributed by atoms with van der Waals surface area (Å²) in [6, 6.07) is 7.72. The molecule has 1 atom stereocenters. The maximum Gasteiger partial charge on any atom is 0.211 e. The van der Waals surface area contributed by atoms with Gasteiger partial charge in [0.2, 0.25) is 10.0 Å². The molecule has 0 amide bonds. The number of nitrogens with zero attached hydrogens (tertiary/aromatic N) is 2. The van der Waals surface area contributed by atoms with Crippen molar-refractivity contribution in [1.29, 1.82) is 0 Å². The van der Waals surface area contributed by atoms with Gasteiger partial charge in [0.1, 0.15) is 0 Å². The Kier molecular flexibility index (Phi) is 8.40. The lowest BCUT2D eigenvalue weighted by molar-refractivity contribution is 0.185. The zero-order chi connectivity index (χ0) is 16.9. The lowest BCUT2D eigenvalue weighted by Crippen LogP contribution is -2.28. The van der Waals surface area contributed by atoms with E-state index in [1.54, 1.807) is 7.11 Å². The van der Waals surface area contributed by atoms with Crippen LogP contribution in [0.15, 0.2) is 29.3 Å².